The lowest BCUT2D eigenvalue weighted by Crippen LogP contribution is -2.11. The molecule has 4 heteroatoms. The molecule has 0 radical (unpaired) electrons. The number of nitrogens with one attached hydrogen (secondary N) is 2. The van der Waals surface area contributed by atoms with Crippen molar-refractivity contribution in [2.24, 2.45) is 0 Å². The van der Waals surface area contributed by atoms with Crippen molar-refractivity contribution in [2.45, 2.75) is 6.42 Å². The Morgan fingerprint density at radius 2 is 1.56 bits per heavy atom. The second kappa shape index (κ2) is 8.36. The third kappa shape index (κ3) is 5.10. The van der Waals surface area contributed by atoms with Crippen molar-refractivity contribution in [3.63, 3.8) is 0 Å². The van der Waals surface area contributed by atoms with Crippen LogP contribution in [0.5, 0.6) is 0 Å². The number of carbonyl (C=O) groups excluding carboxylic acids is 1. The minimum atomic E-state index is -0.109. The lowest BCUT2D eigenvalue weighted by molar-refractivity contribution is 0.102. The van der Waals surface area contributed by atoms with Crippen LogP contribution in [0, 0.1) is 0 Å². The van der Waals surface area contributed by atoms with Crippen molar-refractivity contribution >= 4 is 28.9 Å². The third-order valence-corrected chi connectivity index (χ3v) is 4.05. The highest BCUT2D eigenvalue weighted by Gasteiger charge is 2.04. The van der Waals surface area contributed by atoms with E-state index in [1.54, 1.807) is 12.1 Å². The van der Waals surface area contributed by atoms with Crippen molar-refractivity contribution in [1.29, 1.82) is 0 Å². The first-order chi connectivity index (χ1) is 12.2. The zero-order chi connectivity index (χ0) is 17.5. The first-order valence-corrected chi connectivity index (χ1v) is 8.53. The summed E-state index contributed by atoms with van der Waals surface area (Å²) in [4.78, 5) is 12.1. The summed E-state index contributed by atoms with van der Waals surface area (Å²) in [7, 11) is 0. The Balaban J connectivity index is 1.51. The molecule has 1 amide bonds. The highest BCUT2D eigenvalue weighted by Crippen LogP contribution is 2.15. The van der Waals surface area contributed by atoms with Crippen molar-refractivity contribution < 1.29 is 4.79 Å². The van der Waals surface area contributed by atoms with E-state index in [1.165, 1.54) is 5.56 Å². The number of amides is 1. The van der Waals surface area contributed by atoms with Crippen LogP contribution in [0.3, 0.4) is 0 Å². The van der Waals surface area contributed by atoms with Crippen LogP contribution in [0.1, 0.15) is 15.9 Å². The molecule has 2 N–H and O–H groups in total. The number of benzene rings is 3. The highest BCUT2D eigenvalue weighted by atomic mass is 35.5. The van der Waals surface area contributed by atoms with Gasteiger partial charge in [0.25, 0.3) is 5.91 Å². The topological polar surface area (TPSA) is 41.1 Å². The number of rotatable bonds is 6. The molecular weight excluding hydrogens is 332 g/mol. The molecule has 126 valence electrons. The van der Waals surface area contributed by atoms with E-state index in [0.717, 1.165) is 29.4 Å². The summed E-state index contributed by atoms with van der Waals surface area (Å²) >= 11 is 5.99. The molecular formula is C21H19ClN2O. The molecule has 0 heterocycles. The molecule has 0 saturated carbocycles. The molecule has 0 spiro atoms. The molecule has 0 fully saturated rings. The van der Waals surface area contributed by atoms with Crippen LogP contribution in [-0.2, 0) is 6.42 Å². The van der Waals surface area contributed by atoms with Gasteiger partial charge in [-0.2, -0.15) is 0 Å². The Hall–Kier alpha value is -2.78. The molecule has 0 aromatic heterocycles. The van der Waals surface area contributed by atoms with Crippen molar-refractivity contribution in [2.75, 3.05) is 17.2 Å². The average molecular weight is 351 g/mol. The van der Waals surface area contributed by atoms with Crippen molar-refractivity contribution in [1.82, 2.24) is 0 Å². The molecule has 0 unspecified atom stereocenters. The van der Waals surface area contributed by atoms with E-state index in [1.807, 2.05) is 60.7 Å². The molecule has 0 aliphatic rings. The summed E-state index contributed by atoms with van der Waals surface area (Å²) in [6.07, 6.45) is 0.896. The van der Waals surface area contributed by atoms with Gasteiger partial charge in [-0.05, 0) is 60.5 Å². The molecule has 0 bridgehead atoms. The van der Waals surface area contributed by atoms with E-state index in [0.29, 0.717) is 5.56 Å². The summed E-state index contributed by atoms with van der Waals surface area (Å²) in [5.41, 5.74) is 3.63. The van der Waals surface area contributed by atoms with Crippen LogP contribution in [0.15, 0.2) is 78.9 Å². The number of anilines is 2. The van der Waals surface area contributed by atoms with Gasteiger partial charge in [0.15, 0.2) is 0 Å². The predicted octanol–water partition coefficient (Wildman–Crippen LogP) is 5.25. The summed E-state index contributed by atoms with van der Waals surface area (Å²) in [6.45, 7) is 0.816. The summed E-state index contributed by atoms with van der Waals surface area (Å²) in [5, 5.41) is 7.02. The fourth-order valence-corrected chi connectivity index (χ4v) is 2.72. The van der Waals surface area contributed by atoms with Crippen molar-refractivity contribution in [3.8, 4) is 0 Å². The Morgan fingerprint density at radius 3 is 2.28 bits per heavy atom. The van der Waals surface area contributed by atoms with Gasteiger partial charge in [0.1, 0.15) is 0 Å². The smallest absolute Gasteiger partial charge is 0.255 e. The molecule has 3 aromatic carbocycles. The lowest BCUT2D eigenvalue weighted by Gasteiger charge is -2.09. The maximum Gasteiger partial charge on any atom is 0.255 e. The first-order valence-electron chi connectivity index (χ1n) is 8.15. The fourth-order valence-electron chi connectivity index (χ4n) is 2.51. The van der Waals surface area contributed by atoms with E-state index in [9.17, 15) is 4.79 Å². The summed E-state index contributed by atoms with van der Waals surface area (Å²) < 4.78 is 0. The molecule has 0 saturated heterocycles. The van der Waals surface area contributed by atoms with E-state index >= 15 is 0 Å². The Labute approximate surface area is 152 Å². The van der Waals surface area contributed by atoms with Gasteiger partial charge in [0.2, 0.25) is 0 Å². The fraction of sp³-hybridized carbons (Fsp3) is 0.0952. The van der Waals surface area contributed by atoms with E-state index in [-0.39, 0.29) is 5.91 Å². The summed E-state index contributed by atoms with van der Waals surface area (Å²) in [5.74, 6) is -0.109. The van der Waals surface area contributed by atoms with Gasteiger partial charge in [0, 0.05) is 28.5 Å². The van der Waals surface area contributed by atoms with Crippen LogP contribution < -0.4 is 10.6 Å². The maximum absolute atomic E-state index is 12.1. The quantitative estimate of drug-likeness (QED) is 0.637. The lowest BCUT2D eigenvalue weighted by atomic mass is 10.1. The number of carbonyl (C=O) groups is 1. The van der Waals surface area contributed by atoms with Gasteiger partial charge < -0.3 is 10.6 Å². The minimum Gasteiger partial charge on any atom is -0.385 e. The molecule has 3 nitrogen and oxygen atoms in total. The molecule has 25 heavy (non-hydrogen) atoms. The maximum atomic E-state index is 12.1. The van der Waals surface area contributed by atoms with Gasteiger partial charge in [-0.1, -0.05) is 41.9 Å². The molecule has 0 aliphatic heterocycles. The van der Waals surface area contributed by atoms with Gasteiger partial charge >= 0.3 is 0 Å². The summed E-state index contributed by atoms with van der Waals surface area (Å²) in [6, 6.07) is 24.7. The zero-order valence-corrected chi connectivity index (χ0v) is 14.5. The van der Waals surface area contributed by atoms with E-state index in [4.69, 9.17) is 11.6 Å². The van der Waals surface area contributed by atoms with Crippen LogP contribution in [-0.4, -0.2) is 12.5 Å². The molecule has 0 atom stereocenters. The Bertz CT molecular complexity index is 832. The molecule has 3 aromatic rings. The average Bonchev–Trinajstić information content (AvgIpc) is 2.64. The Kier molecular flexibility index (Phi) is 5.70. The first kappa shape index (κ1) is 17.1. The van der Waals surface area contributed by atoms with Crippen LogP contribution >= 0.6 is 11.6 Å². The third-order valence-electron chi connectivity index (χ3n) is 3.81. The van der Waals surface area contributed by atoms with E-state index < -0.39 is 0 Å². The minimum absolute atomic E-state index is 0.109. The number of hydrogen-bond acceptors (Lipinski definition) is 2. The molecule has 3 rings (SSSR count). The Morgan fingerprint density at radius 1 is 0.840 bits per heavy atom. The van der Waals surface area contributed by atoms with Gasteiger partial charge in [-0.15, -0.1) is 0 Å². The van der Waals surface area contributed by atoms with Gasteiger partial charge in [-0.3, -0.25) is 4.79 Å². The number of halogens is 1. The monoisotopic (exact) mass is 350 g/mol. The second-order valence-corrected chi connectivity index (χ2v) is 6.14. The van der Waals surface area contributed by atoms with Crippen LogP contribution in [0.4, 0.5) is 11.4 Å². The van der Waals surface area contributed by atoms with E-state index in [2.05, 4.69) is 16.7 Å². The molecule has 0 aliphatic carbocycles. The predicted molar refractivity (Wildman–Crippen MR) is 104 cm³/mol. The van der Waals surface area contributed by atoms with Crippen LogP contribution in [0.25, 0.3) is 0 Å². The largest absolute Gasteiger partial charge is 0.385 e. The van der Waals surface area contributed by atoms with Crippen LogP contribution in [0.2, 0.25) is 5.02 Å². The SMILES string of the molecule is O=C(Nc1ccc(NCCc2cccc(Cl)c2)cc1)c1ccccc1. The second-order valence-electron chi connectivity index (χ2n) is 5.70. The normalized spacial score (nSPS) is 10.3. The standard InChI is InChI=1S/C21H19ClN2O/c22-18-8-4-5-16(15-18)13-14-23-19-9-11-20(12-10-19)24-21(25)17-6-2-1-3-7-17/h1-12,15,23H,13-14H2,(H,24,25). The highest BCUT2D eigenvalue weighted by molar-refractivity contribution is 6.30. The zero-order valence-electron chi connectivity index (χ0n) is 13.7. The van der Waals surface area contributed by atoms with Gasteiger partial charge in [0.05, 0.1) is 0 Å². The van der Waals surface area contributed by atoms with Crippen molar-refractivity contribution in [3.05, 3.63) is 95.0 Å². The van der Waals surface area contributed by atoms with Gasteiger partial charge in [-0.25, -0.2) is 0 Å². The number of hydrogen-bond donors (Lipinski definition) is 2.